The number of nitrogens with one attached hydrogen (secondary N) is 1. The van der Waals surface area contributed by atoms with Crippen molar-refractivity contribution in [1.82, 2.24) is 15.0 Å². The molecule has 1 amide bonds. The first kappa shape index (κ1) is 27.9. The van der Waals surface area contributed by atoms with Crippen molar-refractivity contribution < 1.29 is 28.3 Å². The molecule has 202 valence electrons. The molecule has 0 aliphatic heterocycles. The molecule has 2 heterocycles. The zero-order valence-corrected chi connectivity index (χ0v) is 22.7. The van der Waals surface area contributed by atoms with Crippen LogP contribution in [0.25, 0.3) is 11.5 Å². The number of ether oxygens (including phenoxy) is 1. The molecule has 0 bridgehead atoms. The number of carbonyl (C=O) groups is 1. The third-order valence-corrected chi connectivity index (χ3v) is 7.84. The molecule has 2 aromatic heterocycles. The maximum absolute atomic E-state index is 13.1. The number of aromatic nitrogens is 3. The third kappa shape index (κ3) is 6.67. The molecule has 0 saturated carbocycles. The fourth-order valence-electron chi connectivity index (χ4n) is 3.84. The van der Waals surface area contributed by atoms with Gasteiger partial charge in [-0.25, -0.2) is 4.98 Å². The number of pyridine rings is 1. The van der Waals surface area contributed by atoms with Crippen LogP contribution in [-0.4, -0.2) is 46.3 Å². The molecule has 10 nitrogen and oxygen atoms in total. The van der Waals surface area contributed by atoms with E-state index in [9.17, 15) is 14.5 Å². The summed E-state index contributed by atoms with van der Waals surface area (Å²) in [6, 6.07) is 17.7. The molecule has 11 heteroatoms. The van der Waals surface area contributed by atoms with Gasteiger partial charge in [-0.1, -0.05) is 24.3 Å². The lowest BCUT2D eigenvalue weighted by molar-refractivity contribution is 0.102. The topological polar surface area (TPSA) is 133 Å². The standard InChI is InChI=1S/C28H29N4O6P/c1-4-37-39(35,38-5-2)22-13-9-19(10-14-22)16-20-11-12-21(36-3)17-25(20)31-27(33)23-18-30-26(32-28(23)34)24-8-6-7-15-29-24/h6-15,17-18H,4-5,16H2,1-3H3,(H,31,33)(H,30,32,34). The van der Waals surface area contributed by atoms with Gasteiger partial charge in [0.15, 0.2) is 5.82 Å². The SMILES string of the molecule is CCOP(=O)(OCC)c1ccc(Cc2ccc(OC)cc2NC(=O)c2cnc(-c3ccccn3)nc2O)cc1. The largest absolute Gasteiger partial charge is 0.497 e. The lowest BCUT2D eigenvalue weighted by atomic mass is 10.0. The van der Waals surface area contributed by atoms with Gasteiger partial charge in [0, 0.05) is 24.1 Å². The van der Waals surface area contributed by atoms with Crippen molar-refractivity contribution in [2.24, 2.45) is 0 Å². The van der Waals surface area contributed by atoms with Crippen molar-refractivity contribution in [2.45, 2.75) is 20.3 Å². The second-order valence-electron chi connectivity index (χ2n) is 8.30. The van der Waals surface area contributed by atoms with Crippen LogP contribution in [0.5, 0.6) is 11.6 Å². The highest BCUT2D eigenvalue weighted by molar-refractivity contribution is 7.62. The van der Waals surface area contributed by atoms with E-state index in [2.05, 4.69) is 20.3 Å². The fraction of sp³-hybridized carbons (Fsp3) is 0.214. The Kier molecular flexibility index (Phi) is 9.03. The van der Waals surface area contributed by atoms with Crippen LogP contribution in [-0.2, 0) is 20.0 Å². The number of methoxy groups -OCH3 is 1. The summed E-state index contributed by atoms with van der Waals surface area (Å²) in [5.74, 6) is -0.298. The van der Waals surface area contributed by atoms with Gasteiger partial charge in [-0.3, -0.25) is 14.3 Å². The summed E-state index contributed by atoms with van der Waals surface area (Å²) in [7, 11) is -1.86. The third-order valence-electron chi connectivity index (χ3n) is 5.72. The molecule has 0 fully saturated rings. The van der Waals surface area contributed by atoms with Gasteiger partial charge in [0.1, 0.15) is 17.0 Å². The molecule has 2 N–H and O–H groups in total. The van der Waals surface area contributed by atoms with Crippen molar-refractivity contribution in [2.75, 3.05) is 25.6 Å². The van der Waals surface area contributed by atoms with E-state index in [1.807, 2.05) is 18.2 Å². The molecular formula is C28H29N4O6P. The Morgan fingerprint density at radius 1 is 1.00 bits per heavy atom. The zero-order chi connectivity index (χ0) is 27.8. The van der Waals surface area contributed by atoms with Crippen LogP contribution in [0.3, 0.4) is 0 Å². The second kappa shape index (κ2) is 12.6. The molecule has 2 aromatic carbocycles. The molecule has 0 radical (unpaired) electrons. The minimum atomic E-state index is -3.39. The Labute approximate surface area is 226 Å². The molecule has 0 spiro atoms. The minimum Gasteiger partial charge on any atom is -0.497 e. The molecule has 0 aliphatic carbocycles. The van der Waals surface area contributed by atoms with Crippen molar-refractivity contribution in [1.29, 1.82) is 0 Å². The summed E-state index contributed by atoms with van der Waals surface area (Å²) in [5.41, 5.74) is 2.58. The smallest absolute Gasteiger partial charge is 0.361 e. The number of nitrogens with zero attached hydrogens (tertiary/aromatic N) is 3. The van der Waals surface area contributed by atoms with Crippen LogP contribution in [0.2, 0.25) is 0 Å². The Hall–Kier alpha value is -4.11. The van der Waals surface area contributed by atoms with Crippen LogP contribution in [0, 0.1) is 0 Å². The number of anilines is 1. The van der Waals surface area contributed by atoms with Crippen LogP contribution >= 0.6 is 7.60 Å². The summed E-state index contributed by atoms with van der Waals surface area (Å²) in [6.45, 7) is 4.06. The highest BCUT2D eigenvalue weighted by Gasteiger charge is 2.26. The van der Waals surface area contributed by atoms with Gasteiger partial charge in [-0.15, -0.1) is 0 Å². The van der Waals surface area contributed by atoms with Crippen LogP contribution in [0.15, 0.2) is 73.1 Å². The molecule has 0 aliphatic rings. The average Bonchev–Trinajstić information content (AvgIpc) is 2.95. The van der Waals surface area contributed by atoms with Crippen molar-refractivity contribution >= 4 is 24.5 Å². The molecule has 0 saturated heterocycles. The average molecular weight is 549 g/mol. The maximum atomic E-state index is 13.1. The number of benzene rings is 2. The monoisotopic (exact) mass is 548 g/mol. The molecule has 39 heavy (non-hydrogen) atoms. The molecule has 4 aromatic rings. The van der Waals surface area contributed by atoms with E-state index in [0.717, 1.165) is 11.1 Å². The number of amides is 1. The number of hydrogen-bond donors (Lipinski definition) is 2. The van der Waals surface area contributed by atoms with Crippen LogP contribution in [0.1, 0.15) is 35.3 Å². The summed E-state index contributed by atoms with van der Waals surface area (Å²) in [4.78, 5) is 25.5. The fourth-order valence-corrected chi connectivity index (χ4v) is 5.40. The van der Waals surface area contributed by atoms with E-state index >= 15 is 0 Å². The first-order valence-electron chi connectivity index (χ1n) is 12.3. The van der Waals surface area contributed by atoms with Gasteiger partial charge in [0.2, 0.25) is 5.88 Å². The van der Waals surface area contributed by atoms with Gasteiger partial charge in [-0.2, -0.15) is 4.98 Å². The number of rotatable bonds is 11. The molecular weight excluding hydrogens is 519 g/mol. The predicted molar refractivity (Wildman–Crippen MR) is 148 cm³/mol. The summed E-state index contributed by atoms with van der Waals surface area (Å²) in [6.07, 6.45) is 3.30. The van der Waals surface area contributed by atoms with E-state index < -0.39 is 19.4 Å². The predicted octanol–water partition coefficient (Wildman–Crippen LogP) is 4.99. The maximum Gasteiger partial charge on any atom is 0.361 e. The second-order valence-corrected chi connectivity index (χ2v) is 10.3. The van der Waals surface area contributed by atoms with E-state index in [1.54, 1.807) is 62.5 Å². The number of hydrogen-bond acceptors (Lipinski definition) is 9. The quantitative estimate of drug-likeness (QED) is 0.249. The number of carbonyl (C=O) groups excluding carboxylic acids is 1. The summed E-state index contributed by atoms with van der Waals surface area (Å²) < 4.78 is 29.2. The van der Waals surface area contributed by atoms with Crippen LogP contribution < -0.4 is 15.4 Å². The van der Waals surface area contributed by atoms with E-state index in [0.29, 0.717) is 28.9 Å². The van der Waals surface area contributed by atoms with Crippen molar-refractivity contribution in [3.63, 3.8) is 0 Å². The molecule has 0 unspecified atom stereocenters. The van der Waals surface area contributed by atoms with Crippen molar-refractivity contribution in [3.8, 4) is 23.1 Å². The highest BCUT2D eigenvalue weighted by atomic mass is 31.2. The lowest BCUT2D eigenvalue weighted by Gasteiger charge is -2.17. The zero-order valence-electron chi connectivity index (χ0n) is 21.8. The van der Waals surface area contributed by atoms with Gasteiger partial charge in [0.05, 0.1) is 25.6 Å². The molecule has 4 rings (SSSR count). The van der Waals surface area contributed by atoms with Crippen LogP contribution in [0.4, 0.5) is 5.69 Å². The lowest BCUT2D eigenvalue weighted by Crippen LogP contribution is -2.15. The Bertz CT molecular complexity index is 1470. The van der Waals surface area contributed by atoms with E-state index in [4.69, 9.17) is 13.8 Å². The van der Waals surface area contributed by atoms with E-state index in [-0.39, 0.29) is 24.6 Å². The van der Waals surface area contributed by atoms with Gasteiger partial charge in [0.25, 0.3) is 5.91 Å². The Morgan fingerprint density at radius 2 is 1.74 bits per heavy atom. The first-order chi connectivity index (χ1) is 18.9. The van der Waals surface area contributed by atoms with Gasteiger partial charge in [-0.05, 0) is 61.7 Å². The van der Waals surface area contributed by atoms with E-state index in [1.165, 1.54) is 13.3 Å². The van der Waals surface area contributed by atoms with Gasteiger partial charge < -0.3 is 24.2 Å². The normalized spacial score (nSPS) is 11.3. The van der Waals surface area contributed by atoms with Crippen molar-refractivity contribution in [3.05, 3.63) is 89.7 Å². The first-order valence-corrected chi connectivity index (χ1v) is 13.9. The Balaban J connectivity index is 1.56. The minimum absolute atomic E-state index is 0.0876. The Morgan fingerprint density at radius 3 is 2.36 bits per heavy atom. The summed E-state index contributed by atoms with van der Waals surface area (Å²) in [5, 5.41) is 13.8. The summed E-state index contributed by atoms with van der Waals surface area (Å²) >= 11 is 0. The van der Waals surface area contributed by atoms with Gasteiger partial charge >= 0.3 is 7.60 Å². The number of aromatic hydroxyl groups is 1. The highest BCUT2D eigenvalue weighted by Crippen LogP contribution is 2.46. The molecule has 0 atom stereocenters.